The van der Waals surface area contributed by atoms with Gasteiger partial charge in [-0.05, 0) is 6.07 Å². The summed E-state index contributed by atoms with van der Waals surface area (Å²) in [6, 6.07) is 1.50. The van der Waals surface area contributed by atoms with Gasteiger partial charge in [0, 0.05) is 6.20 Å². The highest BCUT2D eigenvalue weighted by Gasteiger charge is 2.06. The summed E-state index contributed by atoms with van der Waals surface area (Å²) in [5, 5.41) is 3.91. The number of carbonyl (C=O) groups is 1. The van der Waals surface area contributed by atoms with Crippen molar-refractivity contribution in [2.24, 2.45) is 5.73 Å². The van der Waals surface area contributed by atoms with E-state index in [2.05, 4.69) is 15.1 Å². The number of carbonyl (C=O) groups excluding carboxylic acids is 1. The molecule has 0 unspecified atom stereocenters. The van der Waals surface area contributed by atoms with Crippen LogP contribution in [0.2, 0.25) is 0 Å². The van der Waals surface area contributed by atoms with E-state index in [0.717, 1.165) is 0 Å². The van der Waals surface area contributed by atoms with Crippen molar-refractivity contribution in [3.63, 3.8) is 0 Å². The van der Waals surface area contributed by atoms with E-state index in [1.807, 2.05) is 0 Å². The molecule has 2 heterocycles. The monoisotopic (exact) mass is 204 g/mol. The van der Waals surface area contributed by atoms with Gasteiger partial charge in [-0.1, -0.05) is 0 Å². The molecule has 0 fully saturated rings. The van der Waals surface area contributed by atoms with Crippen LogP contribution in [0.25, 0.3) is 5.82 Å². The number of nitrogens with zero attached hydrogens (tertiary/aromatic N) is 4. The zero-order valence-corrected chi connectivity index (χ0v) is 7.66. The van der Waals surface area contributed by atoms with Crippen molar-refractivity contribution in [1.82, 2.24) is 19.7 Å². The average molecular weight is 204 g/mol. The third kappa shape index (κ3) is 1.75. The van der Waals surface area contributed by atoms with Gasteiger partial charge in [0.25, 0.3) is 5.91 Å². The largest absolute Gasteiger partial charge is 0.382 e. The van der Waals surface area contributed by atoms with Gasteiger partial charge in [0.1, 0.15) is 11.5 Å². The molecule has 0 radical (unpaired) electrons. The maximum Gasteiger partial charge on any atom is 0.269 e. The van der Waals surface area contributed by atoms with Crippen LogP contribution in [0.5, 0.6) is 0 Å². The lowest BCUT2D eigenvalue weighted by molar-refractivity contribution is 0.0995. The minimum Gasteiger partial charge on any atom is -0.382 e. The molecule has 0 aliphatic heterocycles. The predicted molar refractivity (Wildman–Crippen MR) is 52.1 cm³/mol. The number of nitrogen functional groups attached to an aromatic ring is 1. The van der Waals surface area contributed by atoms with Gasteiger partial charge < -0.3 is 11.5 Å². The smallest absolute Gasteiger partial charge is 0.269 e. The molecule has 0 saturated carbocycles. The first kappa shape index (κ1) is 9.13. The number of rotatable bonds is 2. The van der Waals surface area contributed by atoms with Crippen molar-refractivity contribution in [3.8, 4) is 5.82 Å². The average Bonchev–Trinajstić information content (AvgIpc) is 2.68. The molecule has 2 rings (SSSR count). The second kappa shape index (κ2) is 3.37. The van der Waals surface area contributed by atoms with E-state index >= 15 is 0 Å². The highest BCUT2D eigenvalue weighted by Crippen LogP contribution is 2.03. The molecular formula is C8H8N6O. The maximum absolute atomic E-state index is 10.8. The number of primary amides is 1. The molecule has 1 amide bonds. The second-order valence-electron chi connectivity index (χ2n) is 2.81. The quantitative estimate of drug-likeness (QED) is 0.674. The van der Waals surface area contributed by atoms with E-state index in [9.17, 15) is 4.79 Å². The van der Waals surface area contributed by atoms with Gasteiger partial charge in [-0.15, -0.1) is 0 Å². The lowest BCUT2D eigenvalue weighted by Gasteiger charge is -1.98. The molecule has 4 N–H and O–H groups in total. The van der Waals surface area contributed by atoms with Gasteiger partial charge in [-0.2, -0.15) is 5.10 Å². The lowest BCUT2D eigenvalue weighted by Crippen LogP contribution is -2.12. The molecule has 0 spiro atoms. The number of nitrogens with two attached hydrogens (primary N) is 2. The molecular weight excluding hydrogens is 196 g/mol. The van der Waals surface area contributed by atoms with Crippen LogP contribution in [-0.2, 0) is 0 Å². The van der Waals surface area contributed by atoms with Crippen LogP contribution in [0.15, 0.2) is 24.7 Å². The molecule has 0 aliphatic rings. The Bertz CT molecular complexity index is 488. The third-order valence-electron chi connectivity index (χ3n) is 1.73. The predicted octanol–water partition coefficient (Wildman–Crippen LogP) is -0.657. The molecule has 0 bridgehead atoms. The molecule has 7 heteroatoms. The highest BCUT2D eigenvalue weighted by molar-refractivity contribution is 5.90. The standard InChI is InChI=1S/C8H8N6O/c9-6-3-12-7(4-11-6)14-2-1-5(13-14)8(10)15/h1-4H,(H2,9,11)(H2,10,15). The van der Waals surface area contributed by atoms with Gasteiger partial charge in [0.15, 0.2) is 5.82 Å². The van der Waals surface area contributed by atoms with Crippen molar-refractivity contribution in [1.29, 1.82) is 0 Å². The van der Waals surface area contributed by atoms with Crippen molar-refractivity contribution < 1.29 is 4.79 Å². The molecule has 0 atom stereocenters. The second-order valence-corrected chi connectivity index (χ2v) is 2.81. The molecule has 7 nitrogen and oxygen atoms in total. The summed E-state index contributed by atoms with van der Waals surface area (Å²) in [6.45, 7) is 0. The Hall–Kier alpha value is -2.44. The van der Waals surface area contributed by atoms with Crippen molar-refractivity contribution >= 4 is 11.7 Å². The van der Waals surface area contributed by atoms with Crippen molar-refractivity contribution in [2.75, 3.05) is 5.73 Å². The first-order valence-corrected chi connectivity index (χ1v) is 4.10. The molecule has 2 aromatic heterocycles. The Kier molecular flexibility index (Phi) is 2.05. The summed E-state index contributed by atoms with van der Waals surface area (Å²) in [6.07, 6.45) is 4.42. The Morgan fingerprint density at radius 3 is 2.67 bits per heavy atom. The summed E-state index contributed by atoms with van der Waals surface area (Å²) >= 11 is 0. The minimum atomic E-state index is -0.586. The number of amides is 1. The van der Waals surface area contributed by atoms with E-state index in [4.69, 9.17) is 11.5 Å². The van der Waals surface area contributed by atoms with Crippen LogP contribution >= 0.6 is 0 Å². The van der Waals surface area contributed by atoms with Crippen LogP contribution in [0.3, 0.4) is 0 Å². The first-order valence-electron chi connectivity index (χ1n) is 4.10. The minimum absolute atomic E-state index is 0.175. The normalized spacial score (nSPS) is 10.1. The Morgan fingerprint density at radius 1 is 1.33 bits per heavy atom. The number of hydrogen-bond acceptors (Lipinski definition) is 5. The summed E-state index contributed by atoms with van der Waals surface area (Å²) in [7, 11) is 0. The van der Waals surface area contributed by atoms with Gasteiger partial charge in [0.2, 0.25) is 0 Å². The van der Waals surface area contributed by atoms with Gasteiger partial charge in [-0.25, -0.2) is 14.6 Å². The van der Waals surface area contributed by atoms with Crippen molar-refractivity contribution in [3.05, 3.63) is 30.4 Å². The molecule has 0 saturated heterocycles. The number of hydrogen-bond donors (Lipinski definition) is 2. The number of anilines is 1. The summed E-state index contributed by atoms with van der Waals surface area (Å²) < 4.78 is 1.40. The van der Waals surface area contributed by atoms with E-state index in [1.165, 1.54) is 23.1 Å². The fourth-order valence-electron chi connectivity index (χ4n) is 1.03. The van der Waals surface area contributed by atoms with Gasteiger partial charge in [0.05, 0.1) is 12.4 Å². The van der Waals surface area contributed by atoms with Gasteiger partial charge in [-0.3, -0.25) is 4.79 Å². The summed E-state index contributed by atoms with van der Waals surface area (Å²) in [5.74, 6) is 0.204. The van der Waals surface area contributed by atoms with E-state index in [-0.39, 0.29) is 5.69 Å². The van der Waals surface area contributed by atoms with Crippen LogP contribution in [-0.4, -0.2) is 25.7 Å². The highest BCUT2D eigenvalue weighted by atomic mass is 16.1. The van der Waals surface area contributed by atoms with Crippen LogP contribution < -0.4 is 11.5 Å². The molecule has 0 aromatic carbocycles. The number of aromatic nitrogens is 4. The van der Waals surface area contributed by atoms with E-state index < -0.39 is 5.91 Å². The molecule has 76 valence electrons. The molecule has 2 aromatic rings. The van der Waals surface area contributed by atoms with Crippen LogP contribution in [0.1, 0.15) is 10.5 Å². The fraction of sp³-hybridized carbons (Fsp3) is 0. The topological polar surface area (TPSA) is 113 Å². The van der Waals surface area contributed by atoms with Crippen LogP contribution in [0.4, 0.5) is 5.82 Å². The molecule has 0 aliphatic carbocycles. The maximum atomic E-state index is 10.8. The molecule has 15 heavy (non-hydrogen) atoms. The van der Waals surface area contributed by atoms with E-state index in [0.29, 0.717) is 11.6 Å². The SMILES string of the molecule is NC(=O)c1ccn(-c2cnc(N)cn2)n1. The van der Waals surface area contributed by atoms with E-state index in [1.54, 1.807) is 6.20 Å². The zero-order valence-electron chi connectivity index (χ0n) is 7.66. The Labute approximate surface area is 84.7 Å². The van der Waals surface area contributed by atoms with Crippen molar-refractivity contribution in [2.45, 2.75) is 0 Å². The summed E-state index contributed by atoms with van der Waals surface area (Å²) in [4.78, 5) is 18.6. The Morgan fingerprint density at radius 2 is 2.13 bits per heavy atom. The fourth-order valence-corrected chi connectivity index (χ4v) is 1.03. The third-order valence-corrected chi connectivity index (χ3v) is 1.73. The van der Waals surface area contributed by atoms with Gasteiger partial charge >= 0.3 is 0 Å². The lowest BCUT2D eigenvalue weighted by atomic mass is 10.4. The summed E-state index contributed by atoms with van der Waals surface area (Å²) in [5.41, 5.74) is 10.6. The van der Waals surface area contributed by atoms with Crippen LogP contribution in [0, 0.1) is 0 Å². The first-order chi connectivity index (χ1) is 7.16. The Balaban J connectivity index is 2.37. The zero-order chi connectivity index (χ0) is 10.8.